The van der Waals surface area contributed by atoms with Crippen molar-refractivity contribution in [3.8, 4) is 5.88 Å². The van der Waals surface area contributed by atoms with Crippen molar-refractivity contribution in [2.24, 2.45) is 4.99 Å². The Morgan fingerprint density at radius 2 is 2.30 bits per heavy atom. The average Bonchev–Trinajstić information content (AvgIpc) is 3.00. The molecule has 1 aromatic rings. The Morgan fingerprint density at radius 3 is 2.96 bits per heavy atom. The van der Waals surface area contributed by atoms with Crippen molar-refractivity contribution in [2.75, 3.05) is 19.9 Å². The van der Waals surface area contributed by atoms with E-state index in [2.05, 4.69) is 33.8 Å². The van der Waals surface area contributed by atoms with Crippen LogP contribution in [-0.2, 0) is 6.54 Å². The van der Waals surface area contributed by atoms with Gasteiger partial charge in [0.05, 0.1) is 13.7 Å². The molecule has 1 aromatic heterocycles. The molecule has 1 aliphatic carbocycles. The van der Waals surface area contributed by atoms with Crippen LogP contribution in [0.1, 0.15) is 31.7 Å². The van der Waals surface area contributed by atoms with E-state index >= 15 is 0 Å². The standard InChI is InChI=1S/C16H26N4OS.HI/c1-4-17-16(20-13-5-6-14(10-13)22-3)19-11-12-7-8-18-15(9-12)21-2;/h7-9,13-14H,4-6,10-11H2,1-3H3,(H2,17,19,20);1H. The van der Waals surface area contributed by atoms with Gasteiger partial charge in [0.2, 0.25) is 5.88 Å². The highest BCUT2D eigenvalue weighted by Gasteiger charge is 2.24. The normalized spacial score (nSPS) is 20.7. The van der Waals surface area contributed by atoms with Crippen molar-refractivity contribution in [1.29, 1.82) is 0 Å². The summed E-state index contributed by atoms with van der Waals surface area (Å²) in [5.41, 5.74) is 1.09. The van der Waals surface area contributed by atoms with Crippen molar-refractivity contribution in [1.82, 2.24) is 15.6 Å². The van der Waals surface area contributed by atoms with E-state index in [4.69, 9.17) is 4.74 Å². The number of halogens is 1. The number of rotatable bonds is 6. The van der Waals surface area contributed by atoms with Gasteiger partial charge in [-0.1, -0.05) is 0 Å². The van der Waals surface area contributed by atoms with E-state index in [9.17, 15) is 0 Å². The van der Waals surface area contributed by atoms with Gasteiger partial charge in [-0.15, -0.1) is 24.0 Å². The third kappa shape index (κ3) is 6.74. The third-order valence-electron chi connectivity index (χ3n) is 3.83. The largest absolute Gasteiger partial charge is 0.481 e. The summed E-state index contributed by atoms with van der Waals surface area (Å²) in [6.07, 6.45) is 7.68. The van der Waals surface area contributed by atoms with Crippen LogP contribution in [0.4, 0.5) is 0 Å². The summed E-state index contributed by atoms with van der Waals surface area (Å²) in [5, 5.41) is 7.67. The Kier molecular flexibility index (Phi) is 9.69. The molecule has 2 rings (SSSR count). The molecular formula is C16H27IN4OS. The van der Waals surface area contributed by atoms with E-state index < -0.39 is 0 Å². The minimum absolute atomic E-state index is 0. The summed E-state index contributed by atoms with van der Waals surface area (Å²) < 4.78 is 5.15. The topological polar surface area (TPSA) is 58.5 Å². The zero-order valence-corrected chi connectivity index (χ0v) is 17.2. The van der Waals surface area contributed by atoms with E-state index in [1.165, 1.54) is 19.3 Å². The van der Waals surface area contributed by atoms with Gasteiger partial charge >= 0.3 is 0 Å². The number of hydrogen-bond acceptors (Lipinski definition) is 4. The molecule has 23 heavy (non-hydrogen) atoms. The lowest BCUT2D eigenvalue weighted by atomic mass is 10.2. The van der Waals surface area contributed by atoms with Crippen LogP contribution >= 0.6 is 35.7 Å². The minimum Gasteiger partial charge on any atom is -0.481 e. The molecule has 2 N–H and O–H groups in total. The number of pyridine rings is 1. The first kappa shape index (κ1) is 20.3. The number of nitrogens with zero attached hydrogens (tertiary/aromatic N) is 2. The number of aromatic nitrogens is 1. The Morgan fingerprint density at radius 1 is 1.48 bits per heavy atom. The van der Waals surface area contributed by atoms with Crippen LogP contribution in [-0.4, -0.2) is 42.1 Å². The Balaban J connectivity index is 0.00000264. The maximum atomic E-state index is 5.15. The number of ether oxygens (including phenoxy) is 1. The third-order valence-corrected chi connectivity index (χ3v) is 4.93. The van der Waals surface area contributed by atoms with Crippen LogP contribution in [0, 0.1) is 0 Å². The van der Waals surface area contributed by atoms with Gasteiger partial charge in [0.1, 0.15) is 0 Å². The van der Waals surface area contributed by atoms with Gasteiger partial charge in [0.15, 0.2) is 5.96 Å². The Labute approximate surface area is 160 Å². The Bertz CT molecular complexity index is 501. The van der Waals surface area contributed by atoms with E-state index in [-0.39, 0.29) is 24.0 Å². The summed E-state index contributed by atoms with van der Waals surface area (Å²) in [4.78, 5) is 8.80. The molecule has 2 atom stereocenters. The molecule has 2 unspecified atom stereocenters. The number of hydrogen-bond donors (Lipinski definition) is 2. The first-order valence-electron chi connectivity index (χ1n) is 7.81. The zero-order valence-electron chi connectivity index (χ0n) is 14.0. The maximum absolute atomic E-state index is 5.15. The second-order valence-electron chi connectivity index (χ2n) is 5.41. The van der Waals surface area contributed by atoms with Crippen LogP contribution in [0.15, 0.2) is 23.3 Å². The molecule has 0 saturated heterocycles. The molecule has 0 aliphatic heterocycles. The maximum Gasteiger partial charge on any atom is 0.213 e. The average molecular weight is 450 g/mol. The highest BCUT2D eigenvalue weighted by Crippen LogP contribution is 2.28. The van der Waals surface area contributed by atoms with E-state index in [1.54, 1.807) is 13.3 Å². The summed E-state index contributed by atoms with van der Waals surface area (Å²) in [6.45, 7) is 3.57. The number of guanidine groups is 1. The van der Waals surface area contributed by atoms with Gasteiger partial charge in [0, 0.05) is 30.1 Å². The molecule has 1 fully saturated rings. The second kappa shape index (κ2) is 11.0. The van der Waals surface area contributed by atoms with Gasteiger partial charge in [-0.3, -0.25) is 0 Å². The lowest BCUT2D eigenvalue weighted by Crippen LogP contribution is -2.42. The zero-order chi connectivity index (χ0) is 15.8. The SMILES string of the molecule is CCNC(=NCc1ccnc(OC)c1)NC1CCC(SC)C1.I. The number of methoxy groups -OCH3 is 1. The fourth-order valence-electron chi connectivity index (χ4n) is 2.63. The van der Waals surface area contributed by atoms with Gasteiger partial charge in [-0.25, -0.2) is 9.98 Å². The van der Waals surface area contributed by atoms with Crippen LogP contribution in [0.5, 0.6) is 5.88 Å². The van der Waals surface area contributed by atoms with Crippen molar-refractivity contribution >= 4 is 41.7 Å². The predicted molar refractivity (Wildman–Crippen MR) is 109 cm³/mol. The van der Waals surface area contributed by atoms with E-state index in [0.29, 0.717) is 18.5 Å². The van der Waals surface area contributed by atoms with Crippen molar-refractivity contribution in [3.05, 3.63) is 23.9 Å². The molecule has 130 valence electrons. The highest BCUT2D eigenvalue weighted by molar-refractivity contribution is 14.0. The smallest absolute Gasteiger partial charge is 0.213 e. The number of aliphatic imine (C=N–C) groups is 1. The van der Waals surface area contributed by atoms with Crippen molar-refractivity contribution in [3.63, 3.8) is 0 Å². The first-order chi connectivity index (χ1) is 10.7. The van der Waals surface area contributed by atoms with Crippen LogP contribution < -0.4 is 15.4 Å². The van der Waals surface area contributed by atoms with E-state index in [1.807, 2.05) is 23.9 Å². The summed E-state index contributed by atoms with van der Waals surface area (Å²) in [5.74, 6) is 1.52. The van der Waals surface area contributed by atoms with Gasteiger partial charge in [-0.05, 0) is 44.1 Å². The fourth-order valence-corrected chi connectivity index (χ4v) is 3.43. The molecule has 0 amide bonds. The predicted octanol–water partition coefficient (Wildman–Crippen LogP) is 3.05. The second-order valence-corrected chi connectivity index (χ2v) is 6.55. The molecule has 0 radical (unpaired) electrons. The van der Waals surface area contributed by atoms with Gasteiger partial charge < -0.3 is 15.4 Å². The number of thioether (sulfide) groups is 1. The summed E-state index contributed by atoms with van der Waals surface area (Å²) >= 11 is 1.97. The van der Waals surface area contributed by atoms with Gasteiger partial charge in [0.25, 0.3) is 0 Å². The Hall–Kier alpha value is -0.700. The summed E-state index contributed by atoms with van der Waals surface area (Å²) in [7, 11) is 1.63. The fraction of sp³-hybridized carbons (Fsp3) is 0.625. The summed E-state index contributed by atoms with van der Waals surface area (Å²) in [6, 6.07) is 4.42. The molecule has 0 bridgehead atoms. The minimum atomic E-state index is 0. The molecular weight excluding hydrogens is 423 g/mol. The van der Waals surface area contributed by atoms with Crippen LogP contribution in [0.25, 0.3) is 0 Å². The lowest BCUT2D eigenvalue weighted by Gasteiger charge is -2.17. The van der Waals surface area contributed by atoms with Crippen molar-refractivity contribution in [2.45, 2.75) is 44.0 Å². The van der Waals surface area contributed by atoms with E-state index in [0.717, 1.165) is 23.3 Å². The molecule has 1 heterocycles. The van der Waals surface area contributed by atoms with Crippen LogP contribution in [0.3, 0.4) is 0 Å². The molecule has 0 aromatic carbocycles. The first-order valence-corrected chi connectivity index (χ1v) is 9.10. The lowest BCUT2D eigenvalue weighted by molar-refractivity contribution is 0.397. The van der Waals surface area contributed by atoms with Gasteiger partial charge in [-0.2, -0.15) is 11.8 Å². The monoisotopic (exact) mass is 450 g/mol. The molecule has 1 aliphatic rings. The van der Waals surface area contributed by atoms with Crippen LogP contribution in [0.2, 0.25) is 0 Å². The van der Waals surface area contributed by atoms with Crippen molar-refractivity contribution < 1.29 is 4.74 Å². The molecule has 1 saturated carbocycles. The highest BCUT2D eigenvalue weighted by atomic mass is 127. The quantitative estimate of drug-likeness (QED) is 0.397. The molecule has 5 nitrogen and oxygen atoms in total. The molecule has 0 spiro atoms. The number of nitrogens with one attached hydrogen (secondary N) is 2. The molecule has 7 heteroatoms.